The average Bonchev–Trinajstić information content (AvgIpc) is 2.71. The molecule has 0 bridgehead atoms. The molecule has 2 nitrogen and oxygen atoms in total. The number of aromatic nitrogens is 2. The maximum atomic E-state index is 6.44. The Morgan fingerprint density at radius 3 is 2.70 bits per heavy atom. The van der Waals surface area contributed by atoms with Gasteiger partial charge in [-0.2, -0.15) is 5.10 Å². The fraction of sp³-hybridized carbons (Fsp3) is 0.400. The van der Waals surface area contributed by atoms with Crippen LogP contribution in [-0.2, 0) is 19.9 Å². The van der Waals surface area contributed by atoms with Gasteiger partial charge < -0.3 is 0 Å². The van der Waals surface area contributed by atoms with Crippen LogP contribution in [0.25, 0.3) is 0 Å². The molecular formula is C15H17Br2ClN2. The van der Waals surface area contributed by atoms with Gasteiger partial charge in [-0.25, -0.2) is 0 Å². The zero-order valence-electron chi connectivity index (χ0n) is 11.5. The first kappa shape index (κ1) is 16.1. The number of hydrogen-bond donors (Lipinski definition) is 0. The topological polar surface area (TPSA) is 17.8 Å². The summed E-state index contributed by atoms with van der Waals surface area (Å²) >= 11 is 13.6. The fourth-order valence-electron chi connectivity index (χ4n) is 2.30. The molecule has 0 spiro atoms. The van der Waals surface area contributed by atoms with E-state index in [4.69, 9.17) is 11.6 Å². The number of aryl methyl sites for hydroxylation is 2. The number of rotatable bonds is 5. The normalized spacial score (nSPS) is 12.7. The molecule has 1 atom stereocenters. The largest absolute Gasteiger partial charge is 0.271 e. The van der Waals surface area contributed by atoms with E-state index in [0.717, 1.165) is 39.1 Å². The lowest BCUT2D eigenvalue weighted by atomic mass is 9.96. The summed E-state index contributed by atoms with van der Waals surface area (Å²) in [6.45, 7) is 2.08. The molecular weight excluding hydrogens is 403 g/mol. The number of nitrogens with zero attached hydrogens (tertiary/aromatic N) is 2. The Morgan fingerprint density at radius 1 is 1.40 bits per heavy atom. The second-order valence-corrected chi connectivity index (χ2v) is 6.74. The monoisotopic (exact) mass is 418 g/mol. The lowest BCUT2D eigenvalue weighted by Crippen LogP contribution is -2.08. The van der Waals surface area contributed by atoms with Gasteiger partial charge in [-0.3, -0.25) is 4.68 Å². The van der Waals surface area contributed by atoms with Crippen LogP contribution in [0.15, 0.2) is 28.7 Å². The zero-order chi connectivity index (χ0) is 14.7. The van der Waals surface area contributed by atoms with Gasteiger partial charge in [-0.1, -0.05) is 62.5 Å². The Labute approximate surface area is 141 Å². The van der Waals surface area contributed by atoms with E-state index in [-0.39, 0.29) is 0 Å². The first-order valence-electron chi connectivity index (χ1n) is 6.58. The second-order valence-electron chi connectivity index (χ2n) is 4.79. The highest BCUT2D eigenvalue weighted by molar-refractivity contribution is 9.10. The summed E-state index contributed by atoms with van der Waals surface area (Å²) in [4.78, 5) is 0. The van der Waals surface area contributed by atoms with E-state index in [0.29, 0.717) is 5.92 Å². The third-order valence-electron chi connectivity index (χ3n) is 3.45. The van der Waals surface area contributed by atoms with Crippen LogP contribution < -0.4 is 0 Å². The molecule has 1 aromatic carbocycles. The van der Waals surface area contributed by atoms with E-state index in [2.05, 4.69) is 62.1 Å². The van der Waals surface area contributed by atoms with E-state index >= 15 is 0 Å². The number of benzene rings is 1. The average molecular weight is 421 g/mol. The van der Waals surface area contributed by atoms with Gasteiger partial charge in [-0.15, -0.1) is 0 Å². The summed E-state index contributed by atoms with van der Waals surface area (Å²) in [6.07, 6.45) is 1.74. The smallest absolute Gasteiger partial charge is 0.0849 e. The van der Waals surface area contributed by atoms with Crippen molar-refractivity contribution in [3.63, 3.8) is 0 Å². The van der Waals surface area contributed by atoms with Crippen LogP contribution in [0.2, 0.25) is 5.02 Å². The maximum absolute atomic E-state index is 6.44. The molecule has 0 aliphatic heterocycles. The number of alkyl halides is 1. The van der Waals surface area contributed by atoms with Gasteiger partial charge in [0.25, 0.3) is 0 Å². The fourth-order valence-corrected chi connectivity index (χ4v) is 3.69. The maximum Gasteiger partial charge on any atom is 0.0849 e. The summed E-state index contributed by atoms with van der Waals surface area (Å²) in [6, 6.07) is 8.43. The van der Waals surface area contributed by atoms with Gasteiger partial charge in [0.1, 0.15) is 0 Å². The highest BCUT2D eigenvalue weighted by Gasteiger charge is 2.18. The molecule has 0 amide bonds. The Hall–Kier alpha value is -0.320. The van der Waals surface area contributed by atoms with Gasteiger partial charge in [0.05, 0.1) is 16.4 Å². The SMILES string of the molecule is CCc1nn(C)c(CC(CBr)c2cccc(Br)c2)c1Cl. The predicted molar refractivity (Wildman–Crippen MR) is 92.0 cm³/mol. The van der Waals surface area contributed by atoms with Crippen LogP contribution >= 0.6 is 43.5 Å². The van der Waals surface area contributed by atoms with E-state index in [9.17, 15) is 0 Å². The molecule has 2 aromatic rings. The molecule has 0 fully saturated rings. The van der Waals surface area contributed by atoms with E-state index in [1.54, 1.807) is 0 Å². The van der Waals surface area contributed by atoms with Crippen molar-refractivity contribution in [3.05, 3.63) is 50.7 Å². The quantitative estimate of drug-likeness (QED) is 0.614. The molecule has 108 valence electrons. The van der Waals surface area contributed by atoms with Crippen LogP contribution in [0.4, 0.5) is 0 Å². The third-order valence-corrected chi connectivity index (χ3v) is 5.16. The minimum atomic E-state index is 0.380. The second kappa shape index (κ2) is 7.10. The third kappa shape index (κ3) is 3.46. The molecule has 20 heavy (non-hydrogen) atoms. The van der Waals surface area contributed by atoms with Crippen LogP contribution in [-0.4, -0.2) is 15.1 Å². The van der Waals surface area contributed by atoms with Crippen molar-refractivity contribution in [1.82, 2.24) is 9.78 Å². The Morgan fingerprint density at radius 2 is 2.15 bits per heavy atom. The lowest BCUT2D eigenvalue weighted by molar-refractivity contribution is 0.658. The summed E-state index contributed by atoms with van der Waals surface area (Å²) < 4.78 is 3.01. The van der Waals surface area contributed by atoms with E-state index < -0.39 is 0 Å². The summed E-state index contributed by atoms with van der Waals surface area (Å²) in [5.41, 5.74) is 3.38. The molecule has 1 heterocycles. The van der Waals surface area contributed by atoms with Crippen molar-refractivity contribution in [2.45, 2.75) is 25.7 Å². The van der Waals surface area contributed by atoms with Crippen LogP contribution in [0, 0.1) is 0 Å². The molecule has 2 rings (SSSR count). The Balaban J connectivity index is 2.29. The molecule has 1 aromatic heterocycles. The van der Waals surface area contributed by atoms with Gasteiger partial charge in [0.2, 0.25) is 0 Å². The number of hydrogen-bond acceptors (Lipinski definition) is 1. The van der Waals surface area contributed by atoms with E-state index in [1.165, 1.54) is 5.56 Å². The first-order valence-corrected chi connectivity index (χ1v) is 8.87. The van der Waals surface area contributed by atoms with Crippen molar-refractivity contribution >= 4 is 43.5 Å². The molecule has 0 saturated heterocycles. The van der Waals surface area contributed by atoms with Crippen molar-refractivity contribution in [2.24, 2.45) is 7.05 Å². The van der Waals surface area contributed by atoms with Crippen molar-refractivity contribution in [3.8, 4) is 0 Å². The van der Waals surface area contributed by atoms with Crippen LogP contribution in [0.1, 0.15) is 29.8 Å². The van der Waals surface area contributed by atoms with Crippen molar-refractivity contribution in [2.75, 3.05) is 5.33 Å². The van der Waals surface area contributed by atoms with Gasteiger partial charge in [0.15, 0.2) is 0 Å². The Kier molecular flexibility index (Phi) is 5.70. The molecule has 0 aliphatic carbocycles. The molecule has 0 N–H and O–H groups in total. The highest BCUT2D eigenvalue weighted by atomic mass is 79.9. The Bertz CT molecular complexity index is 596. The number of halogens is 3. The molecule has 5 heteroatoms. The highest BCUT2D eigenvalue weighted by Crippen LogP contribution is 2.29. The minimum Gasteiger partial charge on any atom is -0.271 e. The van der Waals surface area contributed by atoms with Crippen LogP contribution in [0.3, 0.4) is 0 Å². The molecule has 0 radical (unpaired) electrons. The first-order chi connectivity index (χ1) is 9.56. The lowest BCUT2D eigenvalue weighted by Gasteiger charge is -2.15. The summed E-state index contributed by atoms with van der Waals surface area (Å²) in [5.74, 6) is 0.380. The predicted octanol–water partition coefficient (Wildman–Crippen LogP) is 5.12. The summed E-state index contributed by atoms with van der Waals surface area (Å²) in [7, 11) is 1.96. The van der Waals surface area contributed by atoms with Crippen LogP contribution in [0.5, 0.6) is 0 Å². The van der Waals surface area contributed by atoms with Crippen molar-refractivity contribution < 1.29 is 0 Å². The zero-order valence-corrected chi connectivity index (χ0v) is 15.5. The van der Waals surface area contributed by atoms with Gasteiger partial charge >= 0.3 is 0 Å². The van der Waals surface area contributed by atoms with E-state index in [1.807, 2.05) is 17.8 Å². The minimum absolute atomic E-state index is 0.380. The van der Waals surface area contributed by atoms with Crippen molar-refractivity contribution in [1.29, 1.82) is 0 Å². The summed E-state index contributed by atoms with van der Waals surface area (Å²) in [5, 5.41) is 6.20. The van der Waals surface area contributed by atoms with Gasteiger partial charge in [-0.05, 0) is 36.5 Å². The molecule has 0 saturated carbocycles. The standard InChI is InChI=1S/C15H17Br2ClN2/c1-3-13-15(18)14(20(2)19-13)8-11(9-16)10-5-4-6-12(17)7-10/h4-7,11H,3,8-9H2,1-2H3. The molecule has 1 unspecified atom stereocenters. The molecule has 0 aliphatic rings. The van der Waals surface area contributed by atoms with Gasteiger partial charge in [0, 0.05) is 16.9 Å².